The lowest BCUT2D eigenvalue weighted by molar-refractivity contribution is -0.117. The second-order valence-corrected chi connectivity index (χ2v) is 5.04. The summed E-state index contributed by atoms with van der Waals surface area (Å²) in [5, 5.41) is 8.85. The van der Waals surface area contributed by atoms with Crippen LogP contribution in [0.2, 0.25) is 0 Å². The number of nitrogens with zero attached hydrogens (tertiary/aromatic N) is 1. The van der Waals surface area contributed by atoms with Crippen molar-refractivity contribution >= 4 is 17.6 Å². The number of rotatable bonds is 4. The Morgan fingerprint density at radius 2 is 2.14 bits per heavy atom. The van der Waals surface area contributed by atoms with Crippen molar-refractivity contribution in [1.82, 2.24) is 0 Å². The molecule has 1 aromatic carbocycles. The van der Waals surface area contributed by atoms with Gasteiger partial charge < -0.3 is 14.4 Å². The highest BCUT2D eigenvalue weighted by Gasteiger charge is 2.28. The molecule has 0 aliphatic carbocycles. The first kappa shape index (κ1) is 13.4. The second kappa shape index (κ2) is 5.09. The van der Waals surface area contributed by atoms with Crippen LogP contribution in [-0.4, -0.2) is 17.0 Å². The highest BCUT2D eigenvalue weighted by Crippen LogP contribution is 2.31. The Kier molecular flexibility index (Phi) is 3.25. The molecule has 5 nitrogen and oxygen atoms in total. The van der Waals surface area contributed by atoms with Gasteiger partial charge in [0, 0.05) is 5.69 Å². The van der Waals surface area contributed by atoms with E-state index in [1.165, 1.54) is 11.6 Å². The molecule has 1 aliphatic rings. The average Bonchev–Trinajstić information content (AvgIpc) is 3.04. The van der Waals surface area contributed by atoms with E-state index in [1.54, 1.807) is 11.0 Å². The van der Waals surface area contributed by atoms with Crippen LogP contribution in [0.5, 0.6) is 0 Å². The fraction of sp³-hybridized carbons (Fsp3) is 0.250. The van der Waals surface area contributed by atoms with E-state index in [0.29, 0.717) is 12.2 Å². The van der Waals surface area contributed by atoms with E-state index in [4.69, 9.17) is 9.52 Å². The van der Waals surface area contributed by atoms with Crippen LogP contribution < -0.4 is 4.90 Å². The number of benzene rings is 1. The Hall–Kier alpha value is -2.56. The van der Waals surface area contributed by atoms with Crippen LogP contribution in [-0.2, 0) is 24.2 Å². The topological polar surface area (TPSA) is 70.8 Å². The minimum atomic E-state index is -1.11. The van der Waals surface area contributed by atoms with Crippen molar-refractivity contribution in [2.45, 2.75) is 26.3 Å². The van der Waals surface area contributed by atoms with Crippen molar-refractivity contribution in [2.24, 2.45) is 0 Å². The molecule has 0 fully saturated rings. The van der Waals surface area contributed by atoms with E-state index < -0.39 is 5.97 Å². The highest BCUT2D eigenvalue weighted by molar-refractivity contribution is 6.01. The summed E-state index contributed by atoms with van der Waals surface area (Å²) in [6.45, 7) is 2.33. The third-order valence-electron chi connectivity index (χ3n) is 3.67. The molecule has 1 aliphatic heterocycles. The van der Waals surface area contributed by atoms with Gasteiger partial charge >= 0.3 is 5.97 Å². The first-order chi connectivity index (χ1) is 10.1. The van der Waals surface area contributed by atoms with Crippen LogP contribution in [0.3, 0.4) is 0 Å². The molecule has 1 aromatic heterocycles. The number of carboxylic acids is 1. The van der Waals surface area contributed by atoms with Crippen LogP contribution in [0, 0.1) is 0 Å². The number of fused-ring (bicyclic) bond motifs is 1. The number of amides is 1. The standard InChI is InChI=1S/C16H15NO4/c1-2-10-3-5-13-11(7-10)8-15(18)17(13)9-12-4-6-14(21-12)16(19)20/h3-7H,2,8-9H2,1H3,(H,19,20). The van der Waals surface area contributed by atoms with Gasteiger partial charge in [-0.3, -0.25) is 4.79 Å². The minimum absolute atomic E-state index is 0.00604. The number of carbonyl (C=O) groups excluding carboxylic acids is 1. The molecule has 2 aromatic rings. The predicted octanol–water partition coefficient (Wildman–Crippen LogP) is 2.63. The molecule has 0 saturated carbocycles. The number of aryl methyl sites for hydroxylation is 1. The van der Waals surface area contributed by atoms with Crippen molar-refractivity contribution in [2.75, 3.05) is 4.90 Å². The van der Waals surface area contributed by atoms with Gasteiger partial charge in [-0.15, -0.1) is 0 Å². The molecular weight excluding hydrogens is 270 g/mol. The van der Waals surface area contributed by atoms with E-state index in [0.717, 1.165) is 17.7 Å². The third kappa shape index (κ3) is 2.42. The van der Waals surface area contributed by atoms with Crippen LogP contribution >= 0.6 is 0 Å². The summed E-state index contributed by atoms with van der Waals surface area (Å²) in [6, 6.07) is 9.00. The first-order valence-electron chi connectivity index (χ1n) is 6.82. The summed E-state index contributed by atoms with van der Waals surface area (Å²) in [6.07, 6.45) is 1.32. The van der Waals surface area contributed by atoms with Crippen LogP contribution in [0.1, 0.15) is 34.4 Å². The van der Waals surface area contributed by atoms with Crippen LogP contribution in [0.15, 0.2) is 34.7 Å². The number of hydrogen-bond donors (Lipinski definition) is 1. The van der Waals surface area contributed by atoms with Gasteiger partial charge in [0.2, 0.25) is 11.7 Å². The molecular formula is C16H15NO4. The molecule has 0 spiro atoms. The number of carbonyl (C=O) groups is 2. The number of furan rings is 1. The van der Waals surface area contributed by atoms with Gasteiger partial charge in [0.25, 0.3) is 0 Å². The molecule has 0 saturated heterocycles. The Morgan fingerprint density at radius 3 is 2.81 bits per heavy atom. The summed E-state index contributed by atoms with van der Waals surface area (Å²) in [5.74, 6) is -0.750. The Balaban J connectivity index is 1.86. The average molecular weight is 285 g/mol. The fourth-order valence-corrected chi connectivity index (χ4v) is 2.56. The van der Waals surface area contributed by atoms with Crippen molar-refractivity contribution in [3.8, 4) is 0 Å². The molecule has 5 heteroatoms. The lowest BCUT2D eigenvalue weighted by Gasteiger charge is -2.16. The zero-order valence-corrected chi connectivity index (χ0v) is 11.6. The Bertz CT molecular complexity index is 717. The molecule has 2 heterocycles. The van der Waals surface area contributed by atoms with Crippen LogP contribution in [0.25, 0.3) is 0 Å². The summed E-state index contributed by atoms with van der Waals surface area (Å²) < 4.78 is 5.22. The minimum Gasteiger partial charge on any atom is -0.475 e. The van der Waals surface area contributed by atoms with Crippen molar-refractivity contribution in [3.63, 3.8) is 0 Å². The number of aromatic carboxylic acids is 1. The quantitative estimate of drug-likeness (QED) is 0.937. The lowest BCUT2D eigenvalue weighted by atomic mass is 10.1. The number of hydrogen-bond acceptors (Lipinski definition) is 3. The SMILES string of the molecule is CCc1ccc2c(c1)CC(=O)N2Cc1ccc(C(=O)O)o1. The lowest BCUT2D eigenvalue weighted by Crippen LogP contribution is -2.25. The van der Waals surface area contributed by atoms with E-state index in [9.17, 15) is 9.59 Å². The van der Waals surface area contributed by atoms with Gasteiger partial charge in [-0.2, -0.15) is 0 Å². The normalized spacial score (nSPS) is 13.6. The molecule has 1 N–H and O–H groups in total. The van der Waals surface area contributed by atoms with Gasteiger partial charge in [0.05, 0.1) is 13.0 Å². The number of carboxylic acid groups (broad SMARTS) is 1. The molecule has 0 atom stereocenters. The predicted molar refractivity (Wildman–Crippen MR) is 76.4 cm³/mol. The maximum absolute atomic E-state index is 12.1. The molecule has 0 radical (unpaired) electrons. The molecule has 0 bridgehead atoms. The fourth-order valence-electron chi connectivity index (χ4n) is 2.56. The zero-order chi connectivity index (χ0) is 15.0. The van der Waals surface area contributed by atoms with E-state index in [-0.39, 0.29) is 18.2 Å². The summed E-state index contributed by atoms with van der Waals surface area (Å²) in [4.78, 5) is 24.6. The zero-order valence-electron chi connectivity index (χ0n) is 11.6. The summed E-state index contributed by atoms with van der Waals surface area (Å²) in [5.41, 5.74) is 3.10. The largest absolute Gasteiger partial charge is 0.475 e. The molecule has 108 valence electrons. The maximum atomic E-state index is 12.1. The Labute approximate surface area is 121 Å². The van der Waals surface area contributed by atoms with Crippen molar-refractivity contribution < 1.29 is 19.1 Å². The second-order valence-electron chi connectivity index (χ2n) is 5.04. The van der Waals surface area contributed by atoms with Crippen molar-refractivity contribution in [1.29, 1.82) is 0 Å². The maximum Gasteiger partial charge on any atom is 0.371 e. The third-order valence-corrected chi connectivity index (χ3v) is 3.67. The van der Waals surface area contributed by atoms with Gasteiger partial charge in [-0.05, 0) is 35.7 Å². The monoisotopic (exact) mass is 285 g/mol. The smallest absolute Gasteiger partial charge is 0.371 e. The van der Waals surface area contributed by atoms with E-state index in [2.05, 4.69) is 13.0 Å². The van der Waals surface area contributed by atoms with Crippen molar-refractivity contribution in [3.05, 3.63) is 53.0 Å². The molecule has 3 rings (SSSR count). The first-order valence-corrected chi connectivity index (χ1v) is 6.82. The molecule has 0 unspecified atom stereocenters. The summed E-state index contributed by atoms with van der Waals surface area (Å²) >= 11 is 0. The van der Waals surface area contributed by atoms with Crippen LogP contribution in [0.4, 0.5) is 5.69 Å². The Morgan fingerprint density at radius 1 is 1.33 bits per heavy atom. The van der Waals surface area contributed by atoms with Gasteiger partial charge in [0.15, 0.2) is 0 Å². The van der Waals surface area contributed by atoms with E-state index in [1.807, 2.05) is 12.1 Å². The van der Waals surface area contributed by atoms with E-state index >= 15 is 0 Å². The van der Waals surface area contributed by atoms with Gasteiger partial charge in [-0.25, -0.2) is 4.79 Å². The highest BCUT2D eigenvalue weighted by atomic mass is 16.4. The van der Waals surface area contributed by atoms with Gasteiger partial charge in [-0.1, -0.05) is 19.1 Å². The van der Waals surface area contributed by atoms with Gasteiger partial charge in [0.1, 0.15) is 5.76 Å². The number of anilines is 1. The molecule has 1 amide bonds. The molecule has 21 heavy (non-hydrogen) atoms. The summed E-state index contributed by atoms with van der Waals surface area (Å²) in [7, 11) is 0.